The van der Waals surface area contributed by atoms with E-state index in [1.165, 1.54) is 4.57 Å². The van der Waals surface area contributed by atoms with Crippen LogP contribution in [0.25, 0.3) is 22.2 Å². The summed E-state index contributed by atoms with van der Waals surface area (Å²) in [6.07, 6.45) is 1.76. The van der Waals surface area contributed by atoms with Gasteiger partial charge in [0.15, 0.2) is 5.16 Å². The summed E-state index contributed by atoms with van der Waals surface area (Å²) in [6, 6.07) is 17.0. The Bertz CT molecular complexity index is 1250. The first kappa shape index (κ1) is 19.8. The summed E-state index contributed by atoms with van der Waals surface area (Å²) in [5.74, 6) is -0.439. The van der Waals surface area contributed by atoms with Crippen LogP contribution in [0.2, 0.25) is 0 Å². The van der Waals surface area contributed by atoms with E-state index in [1.54, 1.807) is 13.3 Å². The largest absolute Gasteiger partial charge is 0.497 e. The molecule has 2 N–H and O–H groups in total. The first-order chi connectivity index (χ1) is 14.6. The Morgan fingerprint density at radius 1 is 1.17 bits per heavy atom. The highest BCUT2D eigenvalue weighted by atomic mass is 32.2. The molecule has 0 aliphatic heterocycles. The lowest BCUT2D eigenvalue weighted by molar-refractivity contribution is -0.133. The van der Waals surface area contributed by atoms with Crippen LogP contribution in [0.3, 0.4) is 0 Å². The second-order valence-electron chi connectivity index (χ2n) is 6.61. The molecular formula is C22H19N3O4S. The molecule has 2 aromatic heterocycles. The number of benzene rings is 2. The van der Waals surface area contributed by atoms with Gasteiger partial charge in [-0.2, -0.15) is 0 Å². The summed E-state index contributed by atoms with van der Waals surface area (Å²) in [7, 11) is 1.59. The summed E-state index contributed by atoms with van der Waals surface area (Å²) in [5.41, 5.74) is 3.29. The van der Waals surface area contributed by atoms with Crippen LogP contribution in [-0.4, -0.2) is 38.5 Å². The Balaban J connectivity index is 1.83. The Morgan fingerprint density at radius 2 is 1.90 bits per heavy atom. The molecular weight excluding hydrogens is 402 g/mol. The fourth-order valence-electron chi connectivity index (χ4n) is 3.20. The molecule has 0 radical (unpaired) electrons. The number of aromatic amines is 1. The number of rotatable bonds is 7. The van der Waals surface area contributed by atoms with Gasteiger partial charge in [-0.25, -0.2) is 4.98 Å². The number of aliphatic carboxylic acids is 1. The molecule has 0 atom stereocenters. The van der Waals surface area contributed by atoms with Gasteiger partial charge >= 0.3 is 5.97 Å². The number of H-pyrrole nitrogens is 1. The average molecular weight is 421 g/mol. The van der Waals surface area contributed by atoms with Crippen molar-refractivity contribution in [2.75, 3.05) is 12.9 Å². The maximum Gasteiger partial charge on any atom is 0.313 e. The van der Waals surface area contributed by atoms with Gasteiger partial charge in [-0.1, -0.05) is 54.2 Å². The molecule has 0 spiro atoms. The molecule has 0 fully saturated rings. The van der Waals surface area contributed by atoms with E-state index in [4.69, 9.17) is 9.84 Å². The number of hydrogen-bond donors (Lipinski definition) is 2. The first-order valence-electron chi connectivity index (χ1n) is 9.21. The van der Waals surface area contributed by atoms with E-state index >= 15 is 0 Å². The number of carboxylic acids is 1. The van der Waals surface area contributed by atoms with Crippen molar-refractivity contribution in [3.63, 3.8) is 0 Å². The zero-order chi connectivity index (χ0) is 21.1. The third kappa shape index (κ3) is 3.95. The van der Waals surface area contributed by atoms with Crippen LogP contribution in [-0.2, 0) is 11.3 Å². The number of aromatic nitrogens is 3. The van der Waals surface area contributed by atoms with E-state index in [2.05, 4.69) is 9.97 Å². The molecule has 0 amide bonds. The number of ether oxygens (including phenoxy) is 1. The lowest BCUT2D eigenvalue weighted by atomic mass is 10.1. The normalized spacial score (nSPS) is 11.0. The van der Waals surface area contributed by atoms with E-state index in [1.807, 2.05) is 54.6 Å². The monoisotopic (exact) mass is 421 g/mol. The number of carboxylic acid groups (broad SMARTS) is 1. The Hall–Kier alpha value is -3.52. The second kappa shape index (κ2) is 8.46. The van der Waals surface area contributed by atoms with Crippen molar-refractivity contribution in [3.05, 3.63) is 76.7 Å². The fraction of sp³-hybridized carbons (Fsp3) is 0.136. The third-order valence-electron chi connectivity index (χ3n) is 4.66. The molecule has 4 aromatic rings. The van der Waals surface area contributed by atoms with E-state index in [0.717, 1.165) is 34.2 Å². The predicted molar refractivity (Wildman–Crippen MR) is 116 cm³/mol. The maximum absolute atomic E-state index is 13.3. The van der Waals surface area contributed by atoms with E-state index in [-0.39, 0.29) is 17.9 Å². The van der Waals surface area contributed by atoms with Gasteiger partial charge in [-0.05, 0) is 23.3 Å². The Morgan fingerprint density at radius 3 is 2.57 bits per heavy atom. The second-order valence-corrected chi connectivity index (χ2v) is 7.55. The third-order valence-corrected chi connectivity index (χ3v) is 5.62. The van der Waals surface area contributed by atoms with Crippen LogP contribution in [0.4, 0.5) is 0 Å². The highest BCUT2D eigenvalue weighted by molar-refractivity contribution is 7.99. The van der Waals surface area contributed by atoms with E-state index in [0.29, 0.717) is 16.2 Å². The molecule has 7 nitrogen and oxygen atoms in total. The minimum absolute atomic E-state index is 0.189. The first-order valence-corrected chi connectivity index (χ1v) is 10.2. The van der Waals surface area contributed by atoms with Crippen molar-refractivity contribution < 1.29 is 14.6 Å². The number of nitrogens with one attached hydrogen (secondary N) is 1. The predicted octanol–water partition coefficient (Wildman–Crippen LogP) is 3.63. The number of carbonyl (C=O) groups is 1. The van der Waals surface area contributed by atoms with E-state index < -0.39 is 5.97 Å². The lowest BCUT2D eigenvalue weighted by Gasteiger charge is -2.12. The molecule has 30 heavy (non-hydrogen) atoms. The van der Waals surface area contributed by atoms with Crippen LogP contribution in [0.5, 0.6) is 5.75 Å². The number of fused-ring (bicyclic) bond motifs is 1. The smallest absolute Gasteiger partial charge is 0.313 e. The molecule has 0 aliphatic carbocycles. The van der Waals surface area contributed by atoms with Crippen molar-refractivity contribution in [2.24, 2.45) is 0 Å². The molecule has 2 aromatic carbocycles. The molecule has 152 valence electrons. The molecule has 8 heteroatoms. The number of methoxy groups -OCH3 is 1. The van der Waals surface area contributed by atoms with Gasteiger partial charge in [0.05, 0.1) is 19.4 Å². The molecule has 0 bridgehead atoms. The minimum atomic E-state index is -0.970. The van der Waals surface area contributed by atoms with Crippen LogP contribution in [0.15, 0.2) is 70.7 Å². The summed E-state index contributed by atoms with van der Waals surface area (Å²) >= 11 is 1.03. The summed E-state index contributed by atoms with van der Waals surface area (Å²) < 4.78 is 6.68. The quantitative estimate of drug-likeness (QED) is 0.349. The van der Waals surface area contributed by atoms with Crippen molar-refractivity contribution in [1.29, 1.82) is 0 Å². The van der Waals surface area contributed by atoms with Gasteiger partial charge in [-0.3, -0.25) is 14.2 Å². The standard InChI is InChI=1S/C22H19N3O4S/c1-29-16-9-7-14(8-10-16)12-25-21(28)20-19(24-22(25)30-13-18(26)27)17(11-23-20)15-5-3-2-4-6-15/h2-11,23H,12-13H2,1H3,(H,26,27). The van der Waals surface area contributed by atoms with Crippen molar-refractivity contribution in [2.45, 2.75) is 11.7 Å². The van der Waals surface area contributed by atoms with Crippen molar-refractivity contribution in [1.82, 2.24) is 14.5 Å². The molecule has 0 saturated carbocycles. The highest BCUT2D eigenvalue weighted by Crippen LogP contribution is 2.28. The van der Waals surface area contributed by atoms with Gasteiger partial charge in [0, 0.05) is 11.8 Å². The molecule has 0 aliphatic rings. The van der Waals surface area contributed by atoms with Crippen LogP contribution in [0.1, 0.15) is 5.56 Å². The highest BCUT2D eigenvalue weighted by Gasteiger charge is 2.17. The SMILES string of the molecule is COc1ccc(Cn2c(SCC(=O)O)nc3c(-c4ccccc4)c[nH]c3c2=O)cc1. The number of hydrogen-bond acceptors (Lipinski definition) is 5. The van der Waals surface area contributed by atoms with Gasteiger partial charge < -0.3 is 14.8 Å². The van der Waals surface area contributed by atoms with Crippen LogP contribution >= 0.6 is 11.8 Å². The van der Waals surface area contributed by atoms with Crippen LogP contribution < -0.4 is 10.3 Å². The Labute approximate surface area is 176 Å². The topological polar surface area (TPSA) is 97.2 Å². The maximum atomic E-state index is 13.3. The summed E-state index contributed by atoms with van der Waals surface area (Å²) in [5, 5.41) is 9.50. The lowest BCUT2D eigenvalue weighted by Crippen LogP contribution is -2.24. The molecule has 0 saturated heterocycles. The number of thioether (sulfide) groups is 1. The molecule has 4 rings (SSSR count). The van der Waals surface area contributed by atoms with Gasteiger partial charge in [-0.15, -0.1) is 0 Å². The van der Waals surface area contributed by atoms with Gasteiger partial charge in [0.2, 0.25) is 0 Å². The van der Waals surface area contributed by atoms with Crippen molar-refractivity contribution in [3.8, 4) is 16.9 Å². The zero-order valence-corrected chi connectivity index (χ0v) is 17.0. The van der Waals surface area contributed by atoms with Crippen molar-refractivity contribution >= 4 is 28.8 Å². The summed E-state index contributed by atoms with van der Waals surface area (Å²) in [6.45, 7) is 0.271. The minimum Gasteiger partial charge on any atom is -0.497 e. The average Bonchev–Trinajstić information content (AvgIpc) is 3.19. The van der Waals surface area contributed by atoms with Gasteiger partial charge in [0.1, 0.15) is 16.8 Å². The van der Waals surface area contributed by atoms with Crippen LogP contribution in [0, 0.1) is 0 Å². The number of nitrogens with zero attached hydrogens (tertiary/aromatic N) is 2. The fourth-order valence-corrected chi connectivity index (χ4v) is 3.91. The molecule has 0 unspecified atom stereocenters. The summed E-state index contributed by atoms with van der Waals surface area (Å²) in [4.78, 5) is 32.1. The molecule has 2 heterocycles. The van der Waals surface area contributed by atoms with E-state index in [9.17, 15) is 9.59 Å². The Kier molecular flexibility index (Phi) is 5.58. The zero-order valence-electron chi connectivity index (χ0n) is 16.2. The van der Waals surface area contributed by atoms with Gasteiger partial charge in [0.25, 0.3) is 5.56 Å².